The van der Waals surface area contributed by atoms with Crippen LogP contribution in [0.1, 0.15) is 50.1 Å². The molecule has 0 unspecified atom stereocenters. The van der Waals surface area contributed by atoms with Gasteiger partial charge in [0, 0.05) is 37.2 Å². The van der Waals surface area contributed by atoms with E-state index in [4.69, 9.17) is 0 Å². The molecule has 1 N–H and O–H groups in total. The molecule has 2 heterocycles. The van der Waals surface area contributed by atoms with Gasteiger partial charge in [-0.2, -0.15) is 5.10 Å². The minimum absolute atomic E-state index is 0.238. The highest BCUT2D eigenvalue weighted by molar-refractivity contribution is 5.76. The van der Waals surface area contributed by atoms with Gasteiger partial charge in [-0.1, -0.05) is 20.8 Å². The number of nitrogens with one attached hydrogen (secondary N) is 1. The molecule has 1 aliphatic rings. The molecule has 1 amide bonds. The molecule has 0 saturated heterocycles. The highest BCUT2D eigenvalue weighted by atomic mass is 16.2. The highest BCUT2D eigenvalue weighted by Gasteiger charge is 2.24. The van der Waals surface area contributed by atoms with Gasteiger partial charge in [0.25, 0.3) is 0 Å². The second kappa shape index (κ2) is 4.28. The lowest BCUT2D eigenvalue weighted by atomic mass is 9.99. The van der Waals surface area contributed by atoms with Crippen molar-refractivity contribution in [1.82, 2.24) is 15.1 Å². The molecule has 0 aromatic carbocycles. The summed E-state index contributed by atoms with van der Waals surface area (Å²) in [6.45, 7) is 7.73. The lowest BCUT2D eigenvalue weighted by Gasteiger charge is -2.27. The molecule has 0 spiro atoms. The van der Waals surface area contributed by atoms with Crippen molar-refractivity contribution in [2.45, 2.75) is 46.1 Å². The number of amides is 1. The second-order valence-electron chi connectivity index (χ2n) is 4.64. The van der Waals surface area contributed by atoms with Gasteiger partial charge in [0.15, 0.2) is 0 Å². The molecular formula is C12H19N3O. The van der Waals surface area contributed by atoms with E-state index in [1.807, 2.05) is 11.8 Å². The maximum Gasteiger partial charge on any atom is 0.222 e. The fourth-order valence-corrected chi connectivity index (χ4v) is 2.23. The van der Waals surface area contributed by atoms with Crippen LogP contribution in [0.25, 0.3) is 0 Å². The van der Waals surface area contributed by atoms with Gasteiger partial charge in [-0.05, 0) is 5.92 Å². The predicted molar refractivity (Wildman–Crippen MR) is 62.1 cm³/mol. The third-order valence-electron chi connectivity index (χ3n) is 3.17. The topological polar surface area (TPSA) is 49.0 Å². The molecule has 2 rings (SSSR count). The number of aromatic nitrogens is 2. The number of fused-ring (bicyclic) bond motifs is 1. The van der Waals surface area contributed by atoms with Gasteiger partial charge in [-0.15, -0.1) is 0 Å². The Bertz CT molecular complexity index is 395. The first-order chi connectivity index (χ1) is 7.63. The summed E-state index contributed by atoms with van der Waals surface area (Å²) in [7, 11) is 0. The fourth-order valence-electron chi connectivity index (χ4n) is 2.23. The summed E-state index contributed by atoms with van der Waals surface area (Å²) < 4.78 is 0. The van der Waals surface area contributed by atoms with Crippen molar-refractivity contribution in [3.8, 4) is 0 Å². The Morgan fingerprint density at radius 2 is 2.31 bits per heavy atom. The van der Waals surface area contributed by atoms with E-state index >= 15 is 0 Å². The Hall–Kier alpha value is -1.32. The number of nitrogens with zero attached hydrogens (tertiary/aromatic N) is 2. The first-order valence-electron chi connectivity index (χ1n) is 5.97. The zero-order valence-corrected chi connectivity index (χ0v) is 10.2. The van der Waals surface area contributed by atoms with E-state index < -0.39 is 0 Å². The van der Waals surface area contributed by atoms with Crippen LogP contribution < -0.4 is 0 Å². The van der Waals surface area contributed by atoms with E-state index in [1.54, 1.807) is 0 Å². The van der Waals surface area contributed by atoms with Crippen molar-refractivity contribution in [2.24, 2.45) is 0 Å². The quantitative estimate of drug-likeness (QED) is 0.828. The number of aromatic amines is 1. The molecule has 4 heteroatoms. The Morgan fingerprint density at radius 1 is 1.56 bits per heavy atom. The summed E-state index contributed by atoms with van der Waals surface area (Å²) in [6, 6.07) is 0. The molecule has 0 radical (unpaired) electrons. The smallest absolute Gasteiger partial charge is 0.222 e. The average molecular weight is 221 g/mol. The van der Waals surface area contributed by atoms with Gasteiger partial charge in [0.1, 0.15) is 0 Å². The number of H-pyrrole nitrogens is 1. The molecule has 0 saturated carbocycles. The third-order valence-corrected chi connectivity index (χ3v) is 3.17. The van der Waals surface area contributed by atoms with Crippen LogP contribution in [0.3, 0.4) is 0 Å². The molecule has 1 aromatic rings. The standard InChI is InChI=1S/C12H19N3O/c1-4-11(16)15-6-5-10-9(7-15)12(8(2)3)14-13-10/h8H,4-7H2,1-3H3,(H,13,14). The lowest BCUT2D eigenvalue weighted by molar-refractivity contribution is -0.131. The van der Waals surface area contributed by atoms with Gasteiger partial charge in [0.05, 0.1) is 5.69 Å². The van der Waals surface area contributed by atoms with Gasteiger partial charge >= 0.3 is 0 Å². The molecule has 88 valence electrons. The molecule has 16 heavy (non-hydrogen) atoms. The molecule has 0 aliphatic carbocycles. The molecule has 1 aromatic heterocycles. The number of carbonyl (C=O) groups is 1. The van der Waals surface area contributed by atoms with Crippen molar-refractivity contribution in [3.63, 3.8) is 0 Å². The fraction of sp³-hybridized carbons (Fsp3) is 0.667. The van der Waals surface area contributed by atoms with E-state index in [0.29, 0.717) is 12.3 Å². The van der Waals surface area contributed by atoms with Crippen LogP contribution in [0, 0.1) is 0 Å². The van der Waals surface area contributed by atoms with E-state index in [0.717, 1.165) is 25.2 Å². The van der Waals surface area contributed by atoms with Crippen molar-refractivity contribution >= 4 is 5.91 Å². The summed E-state index contributed by atoms with van der Waals surface area (Å²) in [4.78, 5) is 13.6. The minimum atomic E-state index is 0.238. The van der Waals surface area contributed by atoms with Crippen molar-refractivity contribution in [2.75, 3.05) is 6.54 Å². The average Bonchev–Trinajstić information content (AvgIpc) is 2.70. The maximum atomic E-state index is 11.7. The highest BCUT2D eigenvalue weighted by Crippen LogP contribution is 2.25. The zero-order chi connectivity index (χ0) is 11.7. The van der Waals surface area contributed by atoms with Gasteiger partial charge in [0.2, 0.25) is 5.91 Å². The molecule has 0 fully saturated rings. The van der Waals surface area contributed by atoms with Crippen molar-refractivity contribution in [3.05, 3.63) is 17.0 Å². The van der Waals surface area contributed by atoms with Crippen molar-refractivity contribution < 1.29 is 4.79 Å². The molecule has 1 aliphatic heterocycles. The maximum absolute atomic E-state index is 11.7. The van der Waals surface area contributed by atoms with E-state index in [-0.39, 0.29) is 5.91 Å². The van der Waals surface area contributed by atoms with Crippen LogP contribution in [0.5, 0.6) is 0 Å². The predicted octanol–water partition coefficient (Wildman–Crippen LogP) is 1.83. The van der Waals surface area contributed by atoms with Gasteiger partial charge in [-0.3, -0.25) is 9.89 Å². The van der Waals surface area contributed by atoms with E-state index in [2.05, 4.69) is 24.0 Å². The second-order valence-corrected chi connectivity index (χ2v) is 4.64. The third kappa shape index (κ3) is 1.84. The van der Waals surface area contributed by atoms with Crippen LogP contribution in [0.2, 0.25) is 0 Å². The van der Waals surface area contributed by atoms with Crippen LogP contribution >= 0.6 is 0 Å². The van der Waals surface area contributed by atoms with E-state index in [1.165, 1.54) is 11.3 Å². The van der Waals surface area contributed by atoms with Crippen molar-refractivity contribution in [1.29, 1.82) is 0 Å². The van der Waals surface area contributed by atoms with Crippen LogP contribution in [0.4, 0.5) is 0 Å². The molecule has 4 nitrogen and oxygen atoms in total. The lowest BCUT2D eigenvalue weighted by Crippen LogP contribution is -2.35. The first kappa shape index (κ1) is 11.2. The minimum Gasteiger partial charge on any atom is -0.338 e. The van der Waals surface area contributed by atoms with Crippen LogP contribution in [-0.2, 0) is 17.8 Å². The number of hydrogen-bond acceptors (Lipinski definition) is 2. The number of carbonyl (C=O) groups excluding carboxylic acids is 1. The molecule has 0 atom stereocenters. The summed E-state index contributed by atoms with van der Waals surface area (Å²) in [5, 5.41) is 7.45. The summed E-state index contributed by atoms with van der Waals surface area (Å²) >= 11 is 0. The summed E-state index contributed by atoms with van der Waals surface area (Å²) in [6.07, 6.45) is 1.49. The Balaban J connectivity index is 2.24. The number of hydrogen-bond donors (Lipinski definition) is 1. The first-order valence-corrected chi connectivity index (χ1v) is 5.97. The monoisotopic (exact) mass is 221 g/mol. The summed E-state index contributed by atoms with van der Waals surface area (Å²) in [5.74, 6) is 0.651. The van der Waals surface area contributed by atoms with E-state index in [9.17, 15) is 4.79 Å². The normalized spacial score (nSPS) is 15.4. The zero-order valence-electron chi connectivity index (χ0n) is 10.2. The van der Waals surface area contributed by atoms with Crippen LogP contribution in [-0.4, -0.2) is 27.5 Å². The Labute approximate surface area is 96.0 Å². The van der Waals surface area contributed by atoms with Crippen LogP contribution in [0.15, 0.2) is 0 Å². The molecular weight excluding hydrogens is 202 g/mol. The number of rotatable bonds is 2. The molecule has 0 bridgehead atoms. The Kier molecular flexibility index (Phi) is 2.99. The Morgan fingerprint density at radius 3 is 2.94 bits per heavy atom. The largest absolute Gasteiger partial charge is 0.338 e. The SMILES string of the molecule is CCC(=O)N1CCc2[nH]nc(C(C)C)c2C1. The summed E-state index contributed by atoms with van der Waals surface area (Å²) in [5.41, 5.74) is 3.57. The van der Waals surface area contributed by atoms with Gasteiger partial charge < -0.3 is 4.90 Å². The van der Waals surface area contributed by atoms with Gasteiger partial charge in [-0.25, -0.2) is 0 Å².